The summed E-state index contributed by atoms with van der Waals surface area (Å²) in [6.45, 7) is -0.00542. The lowest BCUT2D eigenvalue weighted by Gasteiger charge is -2.13. The Morgan fingerprint density at radius 1 is 1.17 bits per heavy atom. The summed E-state index contributed by atoms with van der Waals surface area (Å²) >= 11 is 5.65. The number of ether oxygens (including phenoxy) is 1. The number of halogens is 2. The van der Waals surface area contributed by atoms with Crippen LogP contribution in [0.15, 0.2) is 65.8 Å². The predicted molar refractivity (Wildman–Crippen MR) is 111 cm³/mol. The van der Waals surface area contributed by atoms with Crippen LogP contribution < -0.4 is 14.8 Å². The van der Waals surface area contributed by atoms with Gasteiger partial charge in [0.05, 0.1) is 35.8 Å². The highest BCUT2D eigenvalue weighted by atomic mass is 35.5. The number of sulfonamides is 1. The van der Waals surface area contributed by atoms with Crippen molar-refractivity contribution in [3.05, 3.63) is 82.9 Å². The van der Waals surface area contributed by atoms with Crippen LogP contribution in [0.3, 0.4) is 0 Å². The molecule has 30 heavy (non-hydrogen) atoms. The van der Waals surface area contributed by atoms with Gasteiger partial charge in [0, 0.05) is 12.6 Å². The second kappa shape index (κ2) is 9.10. The van der Waals surface area contributed by atoms with Gasteiger partial charge >= 0.3 is 0 Å². The summed E-state index contributed by atoms with van der Waals surface area (Å²) in [7, 11) is -2.66. The first-order valence-corrected chi connectivity index (χ1v) is 10.5. The SMILES string of the molecule is COc1cncc(NS(=O)(=O)c2ccccc2C(=O)NCc2ccc(Cl)c(F)c2)c1. The van der Waals surface area contributed by atoms with Crippen LogP contribution in [0.1, 0.15) is 15.9 Å². The standard InChI is InChI=1S/C20H17ClFN3O4S/c1-29-15-9-14(11-23-12-15)25-30(27,28)19-5-3-2-4-16(19)20(26)24-10-13-6-7-17(21)18(22)8-13/h2-9,11-12,25H,10H2,1H3,(H,24,26). The molecular formula is C20H17ClFN3O4S. The highest BCUT2D eigenvalue weighted by molar-refractivity contribution is 7.92. The minimum atomic E-state index is -4.09. The lowest BCUT2D eigenvalue weighted by atomic mass is 10.2. The molecule has 7 nitrogen and oxygen atoms in total. The highest BCUT2D eigenvalue weighted by Gasteiger charge is 2.22. The summed E-state index contributed by atoms with van der Waals surface area (Å²) in [5.41, 5.74) is 0.600. The van der Waals surface area contributed by atoms with E-state index in [1.807, 2.05) is 0 Å². The molecule has 3 rings (SSSR count). The molecule has 2 N–H and O–H groups in total. The highest BCUT2D eigenvalue weighted by Crippen LogP contribution is 2.22. The third kappa shape index (κ3) is 5.05. The molecular weight excluding hydrogens is 433 g/mol. The Hall–Kier alpha value is -3.17. The van der Waals surface area contributed by atoms with Crippen LogP contribution in [-0.2, 0) is 16.6 Å². The molecule has 0 aliphatic rings. The zero-order valence-corrected chi connectivity index (χ0v) is 17.3. The van der Waals surface area contributed by atoms with Crippen molar-refractivity contribution in [3.8, 4) is 5.75 Å². The van der Waals surface area contributed by atoms with Crippen molar-refractivity contribution >= 4 is 33.2 Å². The van der Waals surface area contributed by atoms with Gasteiger partial charge in [0.15, 0.2) is 0 Å². The van der Waals surface area contributed by atoms with Crippen molar-refractivity contribution in [2.75, 3.05) is 11.8 Å². The Morgan fingerprint density at radius 2 is 1.93 bits per heavy atom. The van der Waals surface area contributed by atoms with Crippen LogP contribution in [-0.4, -0.2) is 26.4 Å². The van der Waals surface area contributed by atoms with Crippen LogP contribution in [0.25, 0.3) is 0 Å². The van der Waals surface area contributed by atoms with Gasteiger partial charge in [0.1, 0.15) is 16.5 Å². The van der Waals surface area contributed by atoms with E-state index in [0.717, 1.165) is 0 Å². The maximum Gasteiger partial charge on any atom is 0.262 e. The van der Waals surface area contributed by atoms with Gasteiger partial charge in [0.2, 0.25) is 0 Å². The number of methoxy groups -OCH3 is 1. The largest absolute Gasteiger partial charge is 0.495 e. The number of pyridine rings is 1. The van der Waals surface area contributed by atoms with Crippen LogP contribution in [0.4, 0.5) is 10.1 Å². The Labute approximate surface area is 177 Å². The van der Waals surface area contributed by atoms with E-state index in [9.17, 15) is 17.6 Å². The van der Waals surface area contributed by atoms with Crippen molar-refractivity contribution in [2.24, 2.45) is 0 Å². The summed E-state index contributed by atoms with van der Waals surface area (Å²) in [5, 5.41) is 2.56. The second-order valence-electron chi connectivity index (χ2n) is 6.15. The number of nitrogens with zero attached hydrogens (tertiary/aromatic N) is 1. The summed E-state index contributed by atoms with van der Waals surface area (Å²) in [6.07, 6.45) is 2.75. The summed E-state index contributed by atoms with van der Waals surface area (Å²) < 4.78 is 46.7. The van der Waals surface area contributed by atoms with E-state index < -0.39 is 21.7 Å². The van der Waals surface area contributed by atoms with Crippen LogP contribution in [0, 0.1) is 5.82 Å². The third-order valence-electron chi connectivity index (χ3n) is 4.06. The summed E-state index contributed by atoms with van der Waals surface area (Å²) in [5.74, 6) is -0.867. The molecule has 3 aromatic rings. The number of hydrogen-bond acceptors (Lipinski definition) is 5. The number of anilines is 1. The van der Waals surface area contributed by atoms with Gasteiger partial charge in [-0.05, 0) is 29.8 Å². The molecule has 0 fully saturated rings. The molecule has 0 saturated heterocycles. The monoisotopic (exact) mass is 449 g/mol. The van der Waals surface area contributed by atoms with E-state index in [4.69, 9.17) is 16.3 Å². The Balaban J connectivity index is 1.81. The van der Waals surface area contributed by atoms with Crippen LogP contribution in [0.2, 0.25) is 5.02 Å². The average molecular weight is 450 g/mol. The van der Waals surface area contributed by atoms with Gasteiger partial charge in [-0.2, -0.15) is 0 Å². The molecule has 0 bridgehead atoms. The van der Waals surface area contributed by atoms with Crippen molar-refractivity contribution in [2.45, 2.75) is 11.4 Å². The molecule has 1 aromatic heterocycles. The number of nitrogens with one attached hydrogen (secondary N) is 2. The van der Waals surface area contributed by atoms with Gasteiger partial charge in [-0.1, -0.05) is 29.8 Å². The van der Waals surface area contributed by atoms with Crippen LogP contribution >= 0.6 is 11.6 Å². The molecule has 0 saturated carbocycles. The topological polar surface area (TPSA) is 97.4 Å². The minimum Gasteiger partial charge on any atom is -0.495 e. The van der Waals surface area contributed by atoms with E-state index >= 15 is 0 Å². The lowest BCUT2D eigenvalue weighted by Crippen LogP contribution is -2.26. The molecule has 0 aliphatic heterocycles. The molecule has 0 aliphatic carbocycles. The average Bonchev–Trinajstić information content (AvgIpc) is 2.74. The molecule has 0 spiro atoms. The molecule has 1 heterocycles. The lowest BCUT2D eigenvalue weighted by molar-refractivity contribution is 0.0947. The zero-order valence-electron chi connectivity index (χ0n) is 15.7. The maximum absolute atomic E-state index is 13.6. The Morgan fingerprint density at radius 3 is 2.67 bits per heavy atom. The number of aromatic nitrogens is 1. The first-order valence-electron chi connectivity index (χ1n) is 8.63. The number of carbonyl (C=O) groups is 1. The Bertz CT molecular complexity index is 1190. The van der Waals surface area contributed by atoms with E-state index in [1.165, 1.54) is 55.9 Å². The van der Waals surface area contributed by atoms with Crippen molar-refractivity contribution in [1.29, 1.82) is 0 Å². The number of carbonyl (C=O) groups excluding carboxylic acids is 1. The molecule has 0 unspecified atom stereocenters. The number of benzene rings is 2. The third-order valence-corrected chi connectivity index (χ3v) is 5.81. The molecule has 0 atom stereocenters. The van der Waals surface area contributed by atoms with Gasteiger partial charge in [-0.15, -0.1) is 0 Å². The van der Waals surface area contributed by atoms with Gasteiger partial charge < -0.3 is 10.1 Å². The molecule has 156 valence electrons. The number of rotatable bonds is 7. The molecule has 1 amide bonds. The first-order chi connectivity index (χ1) is 14.3. The fourth-order valence-corrected chi connectivity index (χ4v) is 3.97. The maximum atomic E-state index is 13.6. The quantitative estimate of drug-likeness (QED) is 0.574. The fraction of sp³-hybridized carbons (Fsp3) is 0.100. The van der Waals surface area contributed by atoms with Gasteiger partial charge in [-0.25, -0.2) is 12.8 Å². The number of amides is 1. The smallest absolute Gasteiger partial charge is 0.262 e. The predicted octanol–water partition coefficient (Wildman–Crippen LogP) is 3.61. The molecule has 10 heteroatoms. The summed E-state index contributed by atoms with van der Waals surface area (Å²) in [6, 6.07) is 11.3. The molecule has 2 aromatic carbocycles. The van der Waals surface area contributed by atoms with E-state index in [1.54, 1.807) is 12.1 Å². The number of hydrogen-bond donors (Lipinski definition) is 2. The van der Waals surface area contributed by atoms with E-state index in [-0.39, 0.29) is 27.7 Å². The van der Waals surface area contributed by atoms with Crippen LogP contribution in [0.5, 0.6) is 5.75 Å². The van der Waals surface area contributed by atoms with Crippen molar-refractivity contribution < 1.29 is 22.3 Å². The molecule has 0 radical (unpaired) electrons. The second-order valence-corrected chi connectivity index (χ2v) is 8.20. The Kier molecular flexibility index (Phi) is 6.53. The minimum absolute atomic E-state index is 0.00542. The fourth-order valence-electron chi connectivity index (χ4n) is 2.61. The summed E-state index contributed by atoms with van der Waals surface area (Å²) in [4.78, 5) is 16.3. The first kappa shape index (κ1) is 21.5. The van der Waals surface area contributed by atoms with E-state index in [0.29, 0.717) is 11.3 Å². The van der Waals surface area contributed by atoms with Gasteiger partial charge in [0.25, 0.3) is 15.9 Å². The van der Waals surface area contributed by atoms with E-state index in [2.05, 4.69) is 15.0 Å². The zero-order chi connectivity index (χ0) is 21.7. The van der Waals surface area contributed by atoms with Gasteiger partial charge in [-0.3, -0.25) is 14.5 Å². The van der Waals surface area contributed by atoms with Crippen molar-refractivity contribution in [3.63, 3.8) is 0 Å². The normalized spacial score (nSPS) is 11.0. The van der Waals surface area contributed by atoms with Crippen molar-refractivity contribution in [1.82, 2.24) is 10.3 Å².